The number of nitrogens with zero attached hydrogens (tertiary/aromatic N) is 1. The molecule has 0 spiro atoms. The molecule has 120 valence electrons. The Bertz CT molecular complexity index is 725. The normalized spacial score (nSPS) is 20.2. The number of pyridine rings is 1. The van der Waals surface area contributed by atoms with E-state index in [2.05, 4.69) is 10.3 Å². The summed E-state index contributed by atoms with van der Waals surface area (Å²) >= 11 is 0. The average Bonchev–Trinajstić information content (AvgIpc) is 3.29. The SMILES string of the molecule is Cc1cccnc1NC(=O)C1CC1c1ccc(C(F)(F)F)cc1. The largest absolute Gasteiger partial charge is 0.416 e. The Kier molecular flexibility index (Phi) is 3.83. The summed E-state index contributed by atoms with van der Waals surface area (Å²) in [5, 5.41) is 2.78. The van der Waals surface area contributed by atoms with Gasteiger partial charge in [-0.3, -0.25) is 4.79 Å². The molecule has 0 aliphatic heterocycles. The summed E-state index contributed by atoms with van der Waals surface area (Å²) in [5.41, 5.74) is 0.954. The zero-order valence-electron chi connectivity index (χ0n) is 12.4. The first-order chi connectivity index (χ1) is 10.9. The monoisotopic (exact) mass is 320 g/mol. The third kappa shape index (κ3) is 3.36. The van der Waals surface area contributed by atoms with E-state index < -0.39 is 11.7 Å². The molecule has 1 fully saturated rings. The lowest BCUT2D eigenvalue weighted by Gasteiger charge is -2.08. The third-order valence-corrected chi connectivity index (χ3v) is 4.04. The molecule has 1 saturated carbocycles. The van der Waals surface area contributed by atoms with Crippen LogP contribution in [0.4, 0.5) is 19.0 Å². The summed E-state index contributed by atoms with van der Waals surface area (Å²) in [4.78, 5) is 16.3. The smallest absolute Gasteiger partial charge is 0.310 e. The van der Waals surface area contributed by atoms with Crippen molar-refractivity contribution >= 4 is 11.7 Å². The molecule has 0 bridgehead atoms. The van der Waals surface area contributed by atoms with Crippen molar-refractivity contribution in [2.45, 2.75) is 25.4 Å². The molecule has 1 aliphatic carbocycles. The van der Waals surface area contributed by atoms with Crippen molar-refractivity contribution in [3.63, 3.8) is 0 Å². The third-order valence-electron chi connectivity index (χ3n) is 4.04. The highest BCUT2D eigenvalue weighted by Crippen LogP contribution is 2.48. The van der Waals surface area contributed by atoms with Gasteiger partial charge in [-0.1, -0.05) is 18.2 Å². The maximum atomic E-state index is 12.6. The highest BCUT2D eigenvalue weighted by molar-refractivity contribution is 5.95. The van der Waals surface area contributed by atoms with Gasteiger partial charge in [0, 0.05) is 12.1 Å². The van der Waals surface area contributed by atoms with Gasteiger partial charge < -0.3 is 5.32 Å². The van der Waals surface area contributed by atoms with Gasteiger partial charge in [0.1, 0.15) is 5.82 Å². The Morgan fingerprint density at radius 3 is 2.52 bits per heavy atom. The van der Waals surface area contributed by atoms with Gasteiger partial charge in [-0.2, -0.15) is 13.2 Å². The average molecular weight is 320 g/mol. The van der Waals surface area contributed by atoms with Gasteiger partial charge in [-0.05, 0) is 48.6 Å². The van der Waals surface area contributed by atoms with E-state index in [1.165, 1.54) is 12.1 Å². The Hall–Kier alpha value is -2.37. The van der Waals surface area contributed by atoms with Crippen LogP contribution in [0, 0.1) is 12.8 Å². The van der Waals surface area contributed by atoms with Crippen LogP contribution < -0.4 is 5.32 Å². The molecule has 2 unspecified atom stereocenters. The number of carbonyl (C=O) groups excluding carboxylic acids is 1. The van der Waals surface area contributed by atoms with Crippen LogP contribution in [0.5, 0.6) is 0 Å². The number of amides is 1. The Morgan fingerprint density at radius 2 is 1.91 bits per heavy atom. The van der Waals surface area contributed by atoms with Crippen LogP contribution in [0.1, 0.15) is 29.0 Å². The van der Waals surface area contributed by atoms with Crippen molar-refractivity contribution in [1.82, 2.24) is 4.98 Å². The summed E-state index contributed by atoms with van der Waals surface area (Å²) in [5.74, 6) is 0.140. The van der Waals surface area contributed by atoms with E-state index in [0.29, 0.717) is 12.2 Å². The van der Waals surface area contributed by atoms with Crippen LogP contribution >= 0.6 is 0 Å². The quantitative estimate of drug-likeness (QED) is 0.923. The van der Waals surface area contributed by atoms with Crippen LogP contribution in [0.3, 0.4) is 0 Å². The number of rotatable bonds is 3. The number of benzene rings is 1. The predicted molar refractivity (Wildman–Crippen MR) is 79.9 cm³/mol. The fraction of sp³-hybridized carbons (Fsp3) is 0.294. The van der Waals surface area contributed by atoms with Crippen molar-refractivity contribution in [2.24, 2.45) is 5.92 Å². The van der Waals surface area contributed by atoms with E-state index >= 15 is 0 Å². The van der Waals surface area contributed by atoms with Crippen molar-refractivity contribution in [3.05, 3.63) is 59.3 Å². The zero-order chi connectivity index (χ0) is 16.6. The number of aromatic nitrogens is 1. The number of halogens is 3. The van der Waals surface area contributed by atoms with Gasteiger partial charge in [-0.25, -0.2) is 4.98 Å². The van der Waals surface area contributed by atoms with Crippen LogP contribution in [0.15, 0.2) is 42.6 Å². The number of hydrogen-bond acceptors (Lipinski definition) is 2. The van der Waals surface area contributed by atoms with Gasteiger partial charge >= 0.3 is 6.18 Å². The number of nitrogens with one attached hydrogen (secondary N) is 1. The first kappa shape index (κ1) is 15.5. The van der Waals surface area contributed by atoms with Crippen molar-refractivity contribution in [1.29, 1.82) is 0 Å². The van der Waals surface area contributed by atoms with E-state index in [4.69, 9.17) is 0 Å². The standard InChI is InChI=1S/C17H15F3N2O/c1-10-3-2-8-21-15(10)22-16(23)14-9-13(14)11-4-6-12(7-5-11)17(18,19)20/h2-8,13-14H,9H2,1H3,(H,21,22,23). The minimum Gasteiger partial charge on any atom is -0.310 e. The fourth-order valence-electron chi connectivity index (χ4n) is 2.60. The molecule has 1 aromatic heterocycles. The molecule has 0 radical (unpaired) electrons. The summed E-state index contributed by atoms with van der Waals surface area (Å²) in [6.07, 6.45) is -2.10. The number of carbonyl (C=O) groups is 1. The Morgan fingerprint density at radius 1 is 1.22 bits per heavy atom. The van der Waals surface area contributed by atoms with Crippen molar-refractivity contribution in [2.75, 3.05) is 5.32 Å². The van der Waals surface area contributed by atoms with Crippen LogP contribution in [-0.2, 0) is 11.0 Å². The fourth-order valence-corrected chi connectivity index (χ4v) is 2.60. The molecule has 0 saturated heterocycles. The maximum absolute atomic E-state index is 12.6. The van der Waals surface area contributed by atoms with E-state index in [0.717, 1.165) is 23.3 Å². The maximum Gasteiger partial charge on any atom is 0.416 e. The van der Waals surface area contributed by atoms with E-state index in [-0.39, 0.29) is 17.7 Å². The minimum absolute atomic E-state index is 0.0266. The Labute approximate surface area is 131 Å². The molecule has 1 heterocycles. The van der Waals surface area contributed by atoms with Gasteiger partial charge in [0.15, 0.2) is 0 Å². The van der Waals surface area contributed by atoms with E-state index in [1.54, 1.807) is 12.3 Å². The second kappa shape index (κ2) is 5.68. The molecule has 1 aliphatic rings. The molecule has 2 atom stereocenters. The molecular formula is C17H15F3N2O. The Balaban J connectivity index is 1.65. The second-order valence-corrected chi connectivity index (χ2v) is 5.73. The van der Waals surface area contributed by atoms with Gasteiger partial charge in [0.25, 0.3) is 0 Å². The molecule has 6 heteroatoms. The summed E-state index contributed by atoms with van der Waals surface area (Å²) in [6, 6.07) is 8.66. The number of alkyl halides is 3. The van der Waals surface area contributed by atoms with Crippen LogP contribution in [0.2, 0.25) is 0 Å². The first-order valence-electron chi connectivity index (χ1n) is 7.26. The zero-order valence-corrected chi connectivity index (χ0v) is 12.4. The van der Waals surface area contributed by atoms with Gasteiger partial charge in [0.2, 0.25) is 5.91 Å². The molecule has 23 heavy (non-hydrogen) atoms. The molecule has 1 N–H and O–H groups in total. The van der Waals surface area contributed by atoms with Crippen LogP contribution in [-0.4, -0.2) is 10.9 Å². The predicted octanol–water partition coefficient (Wildman–Crippen LogP) is 4.15. The highest BCUT2D eigenvalue weighted by Gasteiger charge is 2.44. The molecule has 1 amide bonds. The second-order valence-electron chi connectivity index (χ2n) is 5.73. The lowest BCUT2D eigenvalue weighted by Crippen LogP contribution is -2.16. The summed E-state index contributed by atoms with van der Waals surface area (Å²) in [6.45, 7) is 1.85. The number of aryl methyl sites for hydroxylation is 1. The van der Waals surface area contributed by atoms with Crippen molar-refractivity contribution in [3.8, 4) is 0 Å². The van der Waals surface area contributed by atoms with E-state index in [1.807, 2.05) is 13.0 Å². The molecule has 3 rings (SSSR count). The van der Waals surface area contributed by atoms with E-state index in [9.17, 15) is 18.0 Å². The first-order valence-corrected chi connectivity index (χ1v) is 7.26. The molecular weight excluding hydrogens is 305 g/mol. The topological polar surface area (TPSA) is 42.0 Å². The molecule has 2 aromatic rings. The molecule has 1 aromatic carbocycles. The lowest BCUT2D eigenvalue weighted by molar-refractivity contribution is -0.137. The van der Waals surface area contributed by atoms with Crippen LogP contribution in [0.25, 0.3) is 0 Å². The summed E-state index contributed by atoms with van der Waals surface area (Å²) in [7, 11) is 0. The summed E-state index contributed by atoms with van der Waals surface area (Å²) < 4.78 is 37.7. The van der Waals surface area contributed by atoms with Crippen molar-refractivity contribution < 1.29 is 18.0 Å². The van der Waals surface area contributed by atoms with Gasteiger partial charge in [-0.15, -0.1) is 0 Å². The molecule has 3 nitrogen and oxygen atoms in total. The minimum atomic E-state index is -4.34. The van der Waals surface area contributed by atoms with Gasteiger partial charge in [0.05, 0.1) is 5.56 Å². The highest BCUT2D eigenvalue weighted by atomic mass is 19.4. The lowest BCUT2D eigenvalue weighted by atomic mass is 10.1. The number of hydrogen-bond donors (Lipinski definition) is 1. The number of anilines is 1.